The summed E-state index contributed by atoms with van der Waals surface area (Å²) in [5, 5.41) is 66.9. The first-order valence-electron chi connectivity index (χ1n) is 12.7. The standard InChI is InChI=1S/C28H34O10/c1-3-11-37-24(32)18-9-5-7-16(13-18)21-23(31)27(35)22(26(34,20(30)15-29)28(21,27)36)17-8-6-10-19(14-17)25(33)38-12-4-2/h5-10,13-14,20-23,29-31,34-36H,3-4,11-12,15H2,1-2H3/t20-,21?,22?,23?,26+,27+,28+/m1/s1. The molecule has 6 N–H and O–H groups in total. The third kappa shape index (κ3) is 3.78. The van der Waals surface area contributed by atoms with E-state index in [-0.39, 0.29) is 35.5 Å². The van der Waals surface area contributed by atoms with Gasteiger partial charge in [0.05, 0.1) is 43.0 Å². The molecule has 38 heavy (non-hydrogen) atoms. The van der Waals surface area contributed by atoms with Crippen LogP contribution in [0.2, 0.25) is 0 Å². The van der Waals surface area contributed by atoms with Gasteiger partial charge in [-0.2, -0.15) is 0 Å². The number of carbonyl (C=O) groups excluding carboxylic acids is 2. The summed E-state index contributed by atoms with van der Waals surface area (Å²) in [6, 6.07) is 11.7. The number of rotatable bonds is 10. The molecule has 0 saturated heterocycles. The van der Waals surface area contributed by atoms with Crippen LogP contribution in [0.25, 0.3) is 0 Å². The lowest BCUT2D eigenvalue weighted by molar-refractivity contribution is -0.459. The van der Waals surface area contributed by atoms with E-state index >= 15 is 0 Å². The maximum Gasteiger partial charge on any atom is 0.338 e. The normalized spacial score (nSPS) is 32.4. The van der Waals surface area contributed by atoms with Crippen molar-refractivity contribution in [2.24, 2.45) is 0 Å². The molecule has 2 saturated carbocycles. The van der Waals surface area contributed by atoms with Gasteiger partial charge in [-0.15, -0.1) is 0 Å². The molecular formula is C28H34O10. The molecule has 2 aliphatic carbocycles. The second kappa shape index (κ2) is 10.4. The summed E-state index contributed by atoms with van der Waals surface area (Å²) in [7, 11) is 0. The van der Waals surface area contributed by atoms with Crippen molar-refractivity contribution in [1.29, 1.82) is 0 Å². The molecule has 4 rings (SSSR count). The van der Waals surface area contributed by atoms with Crippen LogP contribution in [0.15, 0.2) is 48.5 Å². The maximum absolute atomic E-state index is 12.4. The molecule has 0 aromatic heterocycles. The van der Waals surface area contributed by atoms with Crippen LogP contribution in [0.5, 0.6) is 0 Å². The van der Waals surface area contributed by atoms with Gasteiger partial charge in [-0.1, -0.05) is 38.1 Å². The average molecular weight is 531 g/mol. The summed E-state index contributed by atoms with van der Waals surface area (Å²) in [5.74, 6) is -4.06. The molecule has 3 unspecified atom stereocenters. The Morgan fingerprint density at radius 3 is 1.89 bits per heavy atom. The Hall–Kier alpha value is -2.86. The molecule has 0 spiro atoms. The van der Waals surface area contributed by atoms with E-state index in [2.05, 4.69) is 0 Å². The van der Waals surface area contributed by atoms with Crippen molar-refractivity contribution in [3.63, 3.8) is 0 Å². The predicted octanol–water partition coefficient (Wildman–Crippen LogP) is 0.622. The fourth-order valence-corrected chi connectivity index (χ4v) is 6.08. The van der Waals surface area contributed by atoms with E-state index in [9.17, 15) is 40.2 Å². The van der Waals surface area contributed by atoms with Crippen molar-refractivity contribution in [3.8, 4) is 0 Å². The van der Waals surface area contributed by atoms with Crippen LogP contribution in [0, 0.1) is 0 Å². The molecule has 0 aliphatic heterocycles. The Labute approximate surface area is 220 Å². The minimum Gasteiger partial charge on any atom is -0.462 e. The SMILES string of the molecule is CCCOC(=O)c1cccc(C2C(O)[C@@]3(O)C(c4cccc(C(=O)OCCC)c4)[C@@](O)([C@H](O)CO)[C@@]23O)c1. The molecule has 10 nitrogen and oxygen atoms in total. The molecule has 2 aliphatic rings. The van der Waals surface area contributed by atoms with Crippen LogP contribution >= 0.6 is 0 Å². The number of esters is 2. The first-order chi connectivity index (χ1) is 18.0. The highest BCUT2D eigenvalue weighted by atomic mass is 16.5. The van der Waals surface area contributed by atoms with E-state index < -0.39 is 59.4 Å². The maximum atomic E-state index is 12.4. The van der Waals surface area contributed by atoms with Gasteiger partial charge < -0.3 is 40.1 Å². The van der Waals surface area contributed by atoms with Gasteiger partial charge in [0.2, 0.25) is 0 Å². The van der Waals surface area contributed by atoms with E-state index in [1.807, 2.05) is 13.8 Å². The van der Waals surface area contributed by atoms with Crippen LogP contribution in [0.4, 0.5) is 0 Å². The van der Waals surface area contributed by atoms with Crippen molar-refractivity contribution in [2.45, 2.75) is 67.5 Å². The van der Waals surface area contributed by atoms with Gasteiger partial charge in [-0.05, 0) is 48.2 Å². The Balaban J connectivity index is 1.75. The van der Waals surface area contributed by atoms with E-state index in [1.165, 1.54) is 48.5 Å². The van der Waals surface area contributed by atoms with Gasteiger partial charge >= 0.3 is 11.9 Å². The smallest absolute Gasteiger partial charge is 0.338 e. The van der Waals surface area contributed by atoms with Crippen molar-refractivity contribution in [3.05, 3.63) is 70.8 Å². The number of carbonyl (C=O) groups is 2. The van der Waals surface area contributed by atoms with Crippen molar-refractivity contribution in [2.75, 3.05) is 19.8 Å². The Kier molecular flexibility index (Phi) is 7.68. The zero-order valence-corrected chi connectivity index (χ0v) is 21.3. The van der Waals surface area contributed by atoms with E-state index in [1.54, 1.807) is 0 Å². The number of fused-ring (bicyclic) bond motifs is 1. The number of hydrogen-bond donors (Lipinski definition) is 6. The van der Waals surface area contributed by atoms with Gasteiger partial charge in [0.1, 0.15) is 22.9 Å². The first-order valence-corrected chi connectivity index (χ1v) is 12.7. The molecule has 206 valence electrons. The van der Waals surface area contributed by atoms with Crippen LogP contribution in [-0.4, -0.2) is 91.4 Å². The summed E-state index contributed by atoms with van der Waals surface area (Å²) < 4.78 is 10.3. The van der Waals surface area contributed by atoms with Crippen molar-refractivity contribution >= 4 is 11.9 Å². The predicted molar refractivity (Wildman–Crippen MR) is 133 cm³/mol. The monoisotopic (exact) mass is 530 g/mol. The lowest BCUT2D eigenvalue weighted by atomic mass is 9.30. The largest absolute Gasteiger partial charge is 0.462 e. The van der Waals surface area contributed by atoms with Gasteiger partial charge in [-0.3, -0.25) is 0 Å². The lowest BCUT2D eigenvalue weighted by Crippen LogP contribution is -2.99. The summed E-state index contributed by atoms with van der Waals surface area (Å²) in [6.45, 7) is 3.11. The fraction of sp³-hybridized carbons (Fsp3) is 0.500. The van der Waals surface area contributed by atoms with Crippen LogP contribution in [-0.2, 0) is 9.47 Å². The Bertz CT molecular complexity index is 1200. The Morgan fingerprint density at radius 1 is 0.895 bits per heavy atom. The first kappa shape index (κ1) is 28.2. The second-order valence-corrected chi connectivity index (χ2v) is 9.99. The molecule has 2 aromatic rings. The topological polar surface area (TPSA) is 174 Å². The van der Waals surface area contributed by atoms with Gasteiger partial charge in [0.15, 0.2) is 0 Å². The Morgan fingerprint density at radius 2 is 1.39 bits per heavy atom. The molecule has 0 radical (unpaired) electrons. The molecule has 0 bridgehead atoms. The molecular weight excluding hydrogens is 496 g/mol. The highest BCUT2D eigenvalue weighted by molar-refractivity contribution is 5.90. The third-order valence-corrected chi connectivity index (χ3v) is 7.81. The number of hydrogen-bond acceptors (Lipinski definition) is 10. The quantitative estimate of drug-likeness (QED) is 0.239. The zero-order valence-electron chi connectivity index (χ0n) is 21.3. The zero-order chi connectivity index (χ0) is 27.9. The van der Waals surface area contributed by atoms with Crippen molar-refractivity contribution in [1.82, 2.24) is 0 Å². The number of aliphatic hydroxyl groups is 6. The second-order valence-electron chi connectivity index (χ2n) is 9.99. The van der Waals surface area contributed by atoms with Gasteiger partial charge in [0.25, 0.3) is 0 Å². The molecule has 2 fully saturated rings. The highest BCUT2D eigenvalue weighted by Gasteiger charge is 2.93. The number of benzene rings is 2. The van der Waals surface area contributed by atoms with Crippen LogP contribution < -0.4 is 0 Å². The van der Waals surface area contributed by atoms with Crippen molar-refractivity contribution < 1.29 is 49.7 Å². The molecule has 7 atom stereocenters. The molecule has 0 amide bonds. The molecule has 2 aromatic carbocycles. The minimum atomic E-state index is -2.54. The van der Waals surface area contributed by atoms with E-state index in [0.29, 0.717) is 12.8 Å². The summed E-state index contributed by atoms with van der Waals surface area (Å²) in [4.78, 5) is 24.8. The average Bonchev–Trinajstić information content (AvgIpc) is 2.93. The van der Waals surface area contributed by atoms with Crippen LogP contribution in [0.3, 0.4) is 0 Å². The molecule has 0 heterocycles. The summed E-state index contributed by atoms with van der Waals surface area (Å²) >= 11 is 0. The molecule has 10 heteroatoms. The fourth-order valence-electron chi connectivity index (χ4n) is 6.08. The van der Waals surface area contributed by atoms with E-state index in [0.717, 1.165) is 0 Å². The number of aliphatic hydroxyl groups excluding tert-OH is 3. The number of ether oxygens (including phenoxy) is 2. The highest BCUT2D eigenvalue weighted by Crippen LogP contribution is 2.75. The summed E-state index contributed by atoms with van der Waals surface area (Å²) in [5.41, 5.74) is -6.79. The third-order valence-electron chi connectivity index (χ3n) is 7.81. The van der Waals surface area contributed by atoms with Gasteiger partial charge in [-0.25, -0.2) is 9.59 Å². The lowest BCUT2D eigenvalue weighted by Gasteiger charge is -2.80. The minimum absolute atomic E-state index is 0.111. The summed E-state index contributed by atoms with van der Waals surface area (Å²) in [6.07, 6.45) is -2.35. The van der Waals surface area contributed by atoms with E-state index in [4.69, 9.17) is 9.47 Å². The van der Waals surface area contributed by atoms with Crippen LogP contribution in [0.1, 0.15) is 70.4 Å². The van der Waals surface area contributed by atoms with Gasteiger partial charge in [0, 0.05) is 5.92 Å².